The van der Waals surface area contributed by atoms with E-state index < -0.39 is 6.43 Å². The van der Waals surface area contributed by atoms with Crippen LogP contribution in [0.25, 0.3) is 0 Å². The molecular weight excluding hydrogens is 250 g/mol. The van der Waals surface area contributed by atoms with Crippen LogP contribution in [0.4, 0.5) is 8.78 Å². The number of nitrogens with one attached hydrogen (secondary N) is 1. The van der Waals surface area contributed by atoms with Crippen molar-refractivity contribution in [3.05, 3.63) is 35.4 Å². The van der Waals surface area contributed by atoms with Crippen LogP contribution in [-0.2, 0) is 6.54 Å². The first-order chi connectivity index (χ1) is 9.22. The third-order valence-electron chi connectivity index (χ3n) is 3.52. The molecule has 1 aliphatic heterocycles. The molecule has 0 amide bonds. The van der Waals surface area contributed by atoms with E-state index in [0.29, 0.717) is 0 Å². The fourth-order valence-corrected chi connectivity index (χ4v) is 2.70. The number of hydrogen-bond acceptors (Lipinski definition) is 3. The van der Waals surface area contributed by atoms with Gasteiger partial charge in [0.1, 0.15) is 0 Å². The molecule has 0 aromatic heterocycles. The molecule has 1 aromatic rings. The maximum absolute atomic E-state index is 12.7. The third kappa shape index (κ3) is 3.72. The molecule has 2 rings (SSSR count). The van der Waals surface area contributed by atoms with Crippen molar-refractivity contribution in [1.29, 1.82) is 0 Å². The van der Waals surface area contributed by atoms with Gasteiger partial charge in [-0.2, -0.15) is 0 Å². The van der Waals surface area contributed by atoms with E-state index in [1.165, 1.54) is 0 Å². The van der Waals surface area contributed by atoms with Crippen molar-refractivity contribution in [2.75, 3.05) is 26.2 Å². The zero-order chi connectivity index (χ0) is 13.7. The summed E-state index contributed by atoms with van der Waals surface area (Å²) in [4.78, 5) is 1.69. The molecule has 1 heterocycles. The molecule has 1 aliphatic rings. The van der Waals surface area contributed by atoms with Crippen molar-refractivity contribution in [2.45, 2.75) is 25.4 Å². The highest BCUT2D eigenvalue weighted by atomic mass is 19.3. The summed E-state index contributed by atoms with van der Waals surface area (Å²) < 4.78 is 25.4. The molecule has 0 aliphatic carbocycles. The maximum Gasteiger partial charge on any atom is 0.251 e. The van der Waals surface area contributed by atoms with Gasteiger partial charge in [0.15, 0.2) is 0 Å². The van der Waals surface area contributed by atoms with E-state index in [9.17, 15) is 8.78 Å². The Balaban J connectivity index is 2.25. The molecule has 0 bridgehead atoms. The van der Waals surface area contributed by atoms with Gasteiger partial charge in [-0.15, -0.1) is 0 Å². The van der Waals surface area contributed by atoms with Crippen LogP contribution in [0.5, 0.6) is 0 Å². The van der Waals surface area contributed by atoms with Gasteiger partial charge < -0.3 is 10.4 Å². The van der Waals surface area contributed by atoms with Crippen LogP contribution in [0.1, 0.15) is 23.6 Å². The molecule has 5 heteroatoms. The summed E-state index contributed by atoms with van der Waals surface area (Å²) in [5, 5.41) is 12.4. The van der Waals surface area contributed by atoms with Gasteiger partial charge in [0.25, 0.3) is 6.43 Å². The largest absolute Gasteiger partial charge is 0.395 e. The van der Waals surface area contributed by atoms with Crippen molar-refractivity contribution in [3.8, 4) is 0 Å². The zero-order valence-corrected chi connectivity index (χ0v) is 10.9. The Labute approximate surface area is 112 Å². The maximum atomic E-state index is 12.7. The Morgan fingerprint density at radius 1 is 1.37 bits per heavy atom. The normalized spacial score (nSPS) is 19.5. The van der Waals surface area contributed by atoms with Crippen LogP contribution in [-0.4, -0.2) is 42.7 Å². The molecule has 0 spiro atoms. The van der Waals surface area contributed by atoms with E-state index in [-0.39, 0.29) is 25.7 Å². The average Bonchev–Trinajstić information content (AvgIpc) is 2.60. The zero-order valence-electron chi connectivity index (χ0n) is 10.9. The second-order valence-electron chi connectivity index (χ2n) is 4.79. The van der Waals surface area contributed by atoms with E-state index in [1.807, 2.05) is 24.3 Å². The molecular formula is C14H20F2N2O. The highest BCUT2D eigenvalue weighted by Gasteiger charge is 2.25. The summed E-state index contributed by atoms with van der Waals surface area (Å²) in [6.45, 7) is 1.46. The molecule has 3 nitrogen and oxygen atoms in total. The Morgan fingerprint density at radius 3 is 2.89 bits per heavy atom. The molecule has 0 saturated heterocycles. The number of rotatable bonds is 5. The van der Waals surface area contributed by atoms with Crippen LogP contribution >= 0.6 is 0 Å². The fourth-order valence-electron chi connectivity index (χ4n) is 2.70. The number of alkyl halides is 2. The molecule has 0 radical (unpaired) electrons. The quantitative estimate of drug-likeness (QED) is 0.856. The van der Waals surface area contributed by atoms with Gasteiger partial charge in [-0.1, -0.05) is 24.3 Å². The smallest absolute Gasteiger partial charge is 0.251 e. The standard InChI is InChI=1S/C14H20F2N2O/c15-14(16)10-18(7-8-19)13-5-6-17-9-11-3-1-2-4-12(11)13/h1-4,13-14,17,19H,5-10H2. The second kappa shape index (κ2) is 6.93. The number of halogens is 2. The number of fused-ring (bicyclic) bond motifs is 1. The first-order valence-corrected chi connectivity index (χ1v) is 6.64. The van der Waals surface area contributed by atoms with Gasteiger partial charge in [0.05, 0.1) is 13.2 Å². The van der Waals surface area contributed by atoms with E-state index in [1.54, 1.807) is 4.90 Å². The van der Waals surface area contributed by atoms with E-state index >= 15 is 0 Å². The lowest BCUT2D eigenvalue weighted by Crippen LogP contribution is -2.36. The van der Waals surface area contributed by atoms with Gasteiger partial charge in [-0.05, 0) is 24.1 Å². The lowest BCUT2D eigenvalue weighted by atomic mass is 9.98. The lowest BCUT2D eigenvalue weighted by molar-refractivity contribution is 0.0524. The molecule has 1 atom stereocenters. The van der Waals surface area contributed by atoms with Crippen LogP contribution < -0.4 is 5.32 Å². The molecule has 2 N–H and O–H groups in total. The highest BCUT2D eigenvalue weighted by Crippen LogP contribution is 2.29. The summed E-state index contributed by atoms with van der Waals surface area (Å²) in [5.74, 6) is 0. The van der Waals surface area contributed by atoms with Gasteiger partial charge in [-0.3, -0.25) is 4.90 Å². The van der Waals surface area contributed by atoms with E-state index in [2.05, 4.69) is 5.32 Å². The summed E-state index contributed by atoms with van der Waals surface area (Å²) in [6, 6.07) is 7.89. The minimum Gasteiger partial charge on any atom is -0.395 e. The molecule has 19 heavy (non-hydrogen) atoms. The monoisotopic (exact) mass is 270 g/mol. The highest BCUT2D eigenvalue weighted by molar-refractivity contribution is 5.31. The third-order valence-corrected chi connectivity index (χ3v) is 3.52. The summed E-state index contributed by atoms with van der Waals surface area (Å²) in [7, 11) is 0. The molecule has 1 unspecified atom stereocenters. The lowest BCUT2D eigenvalue weighted by Gasteiger charge is -2.31. The summed E-state index contributed by atoms with van der Waals surface area (Å²) in [6.07, 6.45) is -1.60. The van der Waals surface area contributed by atoms with E-state index in [0.717, 1.165) is 30.6 Å². The van der Waals surface area contributed by atoms with Gasteiger partial charge in [0.2, 0.25) is 0 Å². The van der Waals surface area contributed by atoms with Crippen molar-refractivity contribution in [2.24, 2.45) is 0 Å². The van der Waals surface area contributed by atoms with Crippen molar-refractivity contribution in [1.82, 2.24) is 10.2 Å². The van der Waals surface area contributed by atoms with Crippen molar-refractivity contribution >= 4 is 0 Å². The van der Waals surface area contributed by atoms with Crippen LogP contribution in [0.2, 0.25) is 0 Å². The Hall–Kier alpha value is -1.04. The van der Waals surface area contributed by atoms with Crippen LogP contribution in [0, 0.1) is 0 Å². The van der Waals surface area contributed by atoms with Crippen molar-refractivity contribution < 1.29 is 13.9 Å². The molecule has 0 saturated carbocycles. The predicted octanol–water partition coefficient (Wildman–Crippen LogP) is 1.78. The SMILES string of the molecule is OCCN(CC(F)F)C1CCNCc2ccccc21. The van der Waals surface area contributed by atoms with Crippen LogP contribution in [0.15, 0.2) is 24.3 Å². The predicted molar refractivity (Wildman–Crippen MR) is 70.2 cm³/mol. The molecule has 106 valence electrons. The number of aliphatic hydroxyl groups excluding tert-OH is 1. The molecule has 0 fully saturated rings. The number of benzene rings is 1. The second-order valence-corrected chi connectivity index (χ2v) is 4.79. The Bertz CT molecular complexity index is 401. The van der Waals surface area contributed by atoms with Crippen molar-refractivity contribution in [3.63, 3.8) is 0 Å². The Morgan fingerprint density at radius 2 is 2.16 bits per heavy atom. The number of aliphatic hydroxyl groups is 1. The first kappa shape index (κ1) is 14.4. The fraction of sp³-hybridized carbons (Fsp3) is 0.571. The Kier molecular flexibility index (Phi) is 5.24. The number of hydrogen-bond donors (Lipinski definition) is 2. The van der Waals surface area contributed by atoms with Gasteiger partial charge >= 0.3 is 0 Å². The minimum absolute atomic E-state index is 0.0488. The topological polar surface area (TPSA) is 35.5 Å². The average molecular weight is 270 g/mol. The van der Waals surface area contributed by atoms with E-state index in [4.69, 9.17) is 5.11 Å². The van der Waals surface area contributed by atoms with Gasteiger partial charge in [0, 0.05) is 19.1 Å². The van der Waals surface area contributed by atoms with Crippen LogP contribution in [0.3, 0.4) is 0 Å². The summed E-state index contributed by atoms with van der Waals surface area (Å²) in [5.41, 5.74) is 2.25. The molecule has 1 aromatic carbocycles. The summed E-state index contributed by atoms with van der Waals surface area (Å²) >= 11 is 0. The minimum atomic E-state index is -2.38. The number of nitrogens with zero attached hydrogens (tertiary/aromatic N) is 1. The van der Waals surface area contributed by atoms with Gasteiger partial charge in [-0.25, -0.2) is 8.78 Å². The first-order valence-electron chi connectivity index (χ1n) is 6.64.